The van der Waals surface area contributed by atoms with Crippen LogP contribution >= 0.6 is 0 Å². The molecule has 1 aliphatic rings. The minimum absolute atomic E-state index is 0.553. The van der Waals surface area contributed by atoms with Crippen molar-refractivity contribution in [1.82, 2.24) is 0 Å². The van der Waals surface area contributed by atoms with Crippen molar-refractivity contribution in [3.05, 3.63) is 247 Å². The number of para-hydroxylation sites is 1. The Bertz CT molecular complexity index is 3340. The fourth-order valence-corrected chi connectivity index (χ4v) is 10.0. The number of hydrogen-bond acceptors (Lipinski definition) is 2. The number of rotatable bonds is 6. The molecule has 0 amide bonds. The molecule has 11 aromatic rings. The van der Waals surface area contributed by atoms with Crippen molar-refractivity contribution < 1.29 is 4.42 Å². The third-order valence-electron chi connectivity index (χ3n) is 12.5. The van der Waals surface area contributed by atoms with Crippen LogP contribution in [-0.2, 0) is 5.41 Å². The smallest absolute Gasteiger partial charge is 0.145 e. The SMILES string of the molecule is c1ccc(-c2c(N(c3ccc4c(c3)C(c3ccccc3)(c3ccccc3)c3ccccc3-4)c3ccc4ccccc4c3)c3c4ccccc4oc3c3ccccc23)cc1. The predicted molar refractivity (Wildman–Crippen MR) is 246 cm³/mol. The minimum Gasteiger partial charge on any atom is -0.455 e. The topological polar surface area (TPSA) is 16.4 Å². The van der Waals surface area contributed by atoms with Crippen LogP contribution in [0, 0.1) is 0 Å². The van der Waals surface area contributed by atoms with Crippen LogP contribution in [0.25, 0.3) is 65.7 Å². The summed E-state index contributed by atoms with van der Waals surface area (Å²) in [4.78, 5) is 2.51. The number of anilines is 3. The summed E-state index contributed by atoms with van der Waals surface area (Å²) in [6, 6.07) is 81.9. The lowest BCUT2D eigenvalue weighted by molar-refractivity contribution is 0.672. The van der Waals surface area contributed by atoms with Gasteiger partial charge in [0.15, 0.2) is 0 Å². The molecule has 0 bridgehead atoms. The van der Waals surface area contributed by atoms with E-state index < -0.39 is 5.41 Å². The largest absolute Gasteiger partial charge is 0.455 e. The Kier molecular flexibility index (Phi) is 7.48. The zero-order valence-electron chi connectivity index (χ0n) is 32.2. The van der Waals surface area contributed by atoms with Gasteiger partial charge in [0.05, 0.1) is 16.5 Å². The van der Waals surface area contributed by atoms with Gasteiger partial charge in [0.25, 0.3) is 0 Å². The van der Waals surface area contributed by atoms with Crippen molar-refractivity contribution in [2.45, 2.75) is 5.41 Å². The Morgan fingerprint density at radius 3 is 1.71 bits per heavy atom. The van der Waals surface area contributed by atoms with Crippen LogP contribution in [0.3, 0.4) is 0 Å². The first kappa shape index (κ1) is 33.5. The van der Waals surface area contributed by atoms with E-state index in [-0.39, 0.29) is 0 Å². The summed E-state index contributed by atoms with van der Waals surface area (Å²) >= 11 is 0. The first-order valence-electron chi connectivity index (χ1n) is 20.3. The fourth-order valence-electron chi connectivity index (χ4n) is 10.0. The van der Waals surface area contributed by atoms with Crippen molar-refractivity contribution in [1.29, 1.82) is 0 Å². The molecule has 0 saturated heterocycles. The highest BCUT2D eigenvalue weighted by Gasteiger charge is 2.46. The van der Waals surface area contributed by atoms with E-state index >= 15 is 0 Å². The van der Waals surface area contributed by atoms with Gasteiger partial charge in [0.1, 0.15) is 11.2 Å². The van der Waals surface area contributed by atoms with E-state index in [1.165, 1.54) is 44.2 Å². The molecule has 2 heteroatoms. The summed E-state index contributed by atoms with van der Waals surface area (Å²) < 4.78 is 6.93. The lowest BCUT2D eigenvalue weighted by Gasteiger charge is -2.35. The van der Waals surface area contributed by atoms with Crippen molar-refractivity contribution in [2.24, 2.45) is 0 Å². The third kappa shape index (κ3) is 4.93. The number of nitrogens with zero attached hydrogens (tertiary/aromatic N) is 1. The molecule has 12 rings (SSSR count). The van der Waals surface area contributed by atoms with E-state index in [0.717, 1.165) is 60.9 Å². The number of hydrogen-bond donors (Lipinski definition) is 0. The zero-order chi connectivity index (χ0) is 38.9. The highest BCUT2D eigenvalue weighted by atomic mass is 16.3. The van der Waals surface area contributed by atoms with E-state index in [1.807, 2.05) is 0 Å². The number of furan rings is 1. The predicted octanol–water partition coefficient (Wildman–Crippen LogP) is 15.4. The van der Waals surface area contributed by atoms with Crippen molar-refractivity contribution in [3.8, 4) is 22.3 Å². The van der Waals surface area contributed by atoms with Crippen LogP contribution < -0.4 is 4.90 Å². The van der Waals surface area contributed by atoms with E-state index in [2.05, 4.69) is 229 Å². The van der Waals surface area contributed by atoms with E-state index in [1.54, 1.807) is 0 Å². The van der Waals surface area contributed by atoms with Gasteiger partial charge in [-0.1, -0.05) is 194 Å². The molecule has 1 aromatic heterocycles. The van der Waals surface area contributed by atoms with Crippen LogP contribution in [0.1, 0.15) is 22.3 Å². The van der Waals surface area contributed by atoms with E-state index in [4.69, 9.17) is 4.42 Å². The molecular formula is C57H37NO. The average molecular weight is 752 g/mol. The maximum absolute atomic E-state index is 6.93. The summed E-state index contributed by atoms with van der Waals surface area (Å²) in [5.74, 6) is 0. The van der Waals surface area contributed by atoms with Gasteiger partial charge in [-0.2, -0.15) is 0 Å². The average Bonchev–Trinajstić information content (AvgIpc) is 3.84. The molecule has 59 heavy (non-hydrogen) atoms. The number of benzene rings is 10. The molecule has 1 aliphatic carbocycles. The van der Waals surface area contributed by atoms with Gasteiger partial charge < -0.3 is 9.32 Å². The van der Waals surface area contributed by atoms with Gasteiger partial charge in [-0.25, -0.2) is 0 Å². The van der Waals surface area contributed by atoms with Gasteiger partial charge in [0, 0.05) is 27.7 Å². The minimum atomic E-state index is -0.553. The Balaban J connectivity index is 1.26. The fraction of sp³-hybridized carbons (Fsp3) is 0.0175. The standard InChI is InChI=1S/C57H37NO/c1-4-19-39(20-5-1)53-47-27-12-13-28-48(47)56-54(49-29-15-17-31-52(49)59-56)55(53)58(43-33-32-38-18-10-11-21-40(38)36-43)44-34-35-46-45-26-14-16-30-50(45)57(51(46)37-44,41-22-6-2-7-23-41)42-24-8-3-9-25-42/h1-37H. The van der Waals surface area contributed by atoms with Gasteiger partial charge >= 0.3 is 0 Å². The molecule has 0 radical (unpaired) electrons. The molecular weight excluding hydrogens is 715 g/mol. The molecule has 0 N–H and O–H groups in total. The van der Waals surface area contributed by atoms with Gasteiger partial charge in [-0.05, 0) is 85.4 Å². The second-order valence-electron chi connectivity index (χ2n) is 15.6. The Morgan fingerprint density at radius 1 is 0.390 bits per heavy atom. The summed E-state index contributed by atoms with van der Waals surface area (Å²) in [5, 5.41) is 6.80. The molecule has 1 heterocycles. The van der Waals surface area contributed by atoms with Crippen LogP contribution in [-0.4, -0.2) is 0 Å². The van der Waals surface area contributed by atoms with Crippen molar-refractivity contribution >= 4 is 60.5 Å². The van der Waals surface area contributed by atoms with Crippen LogP contribution in [0.5, 0.6) is 0 Å². The maximum atomic E-state index is 6.93. The quantitative estimate of drug-likeness (QED) is 0.168. The van der Waals surface area contributed by atoms with Crippen LogP contribution in [0.2, 0.25) is 0 Å². The summed E-state index contributed by atoms with van der Waals surface area (Å²) in [5.41, 5.74) is 14.3. The molecule has 276 valence electrons. The second kappa shape index (κ2) is 13.2. The summed E-state index contributed by atoms with van der Waals surface area (Å²) in [7, 11) is 0. The third-order valence-corrected chi connectivity index (χ3v) is 12.5. The van der Waals surface area contributed by atoms with Crippen LogP contribution in [0.15, 0.2) is 229 Å². The summed E-state index contributed by atoms with van der Waals surface area (Å²) in [6.45, 7) is 0. The lowest BCUT2D eigenvalue weighted by atomic mass is 9.67. The summed E-state index contributed by atoms with van der Waals surface area (Å²) in [6.07, 6.45) is 0. The molecule has 0 spiro atoms. The number of fused-ring (bicyclic) bond motifs is 9. The maximum Gasteiger partial charge on any atom is 0.145 e. The Morgan fingerprint density at radius 2 is 0.949 bits per heavy atom. The first-order valence-corrected chi connectivity index (χ1v) is 20.3. The zero-order valence-corrected chi connectivity index (χ0v) is 32.2. The van der Waals surface area contributed by atoms with Crippen LogP contribution in [0.4, 0.5) is 17.1 Å². The van der Waals surface area contributed by atoms with Gasteiger partial charge in [-0.15, -0.1) is 0 Å². The first-order chi connectivity index (χ1) is 29.3. The van der Waals surface area contributed by atoms with E-state index in [9.17, 15) is 0 Å². The normalized spacial score (nSPS) is 12.9. The molecule has 0 aliphatic heterocycles. The van der Waals surface area contributed by atoms with Crippen molar-refractivity contribution in [2.75, 3.05) is 4.90 Å². The highest BCUT2D eigenvalue weighted by Crippen LogP contribution is 2.58. The Hall–Kier alpha value is -7.68. The van der Waals surface area contributed by atoms with Gasteiger partial charge in [0.2, 0.25) is 0 Å². The van der Waals surface area contributed by atoms with Crippen molar-refractivity contribution in [3.63, 3.8) is 0 Å². The Labute approximate surface area is 342 Å². The van der Waals surface area contributed by atoms with Gasteiger partial charge in [-0.3, -0.25) is 0 Å². The molecule has 2 nitrogen and oxygen atoms in total. The molecule has 0 saturated carbocycles. The van der Waals surface area contributed by atoms with E-state index in [0.29, 0.717) is 0 Å². The monoisotopic (exact) mass is 751 g/mol. The molecule has 10 aromatic carbocycles. The molecule has 0 fully saturated rings. The second-order valence-corrected chi connectivity index (χ2v) is 15.6. The highest BCUT2D eigenvalue weighted by molar-refractivity contribution is 6.27. The lowest BCUT2D eigenvalue weighted by Crippen LogP contribution is -2.28. The molecule has 0 atom stereocenters. The molecule has 0 unspecified atom stereocenters.